The van der Waals surface area contributed by atoms with Gasteiger partial charge in [-0.1, -0.05) is 55.7 Å². The number of hydrogen-bond acceptors (Lipinski definition) is 3. The van der Waals surface area contributed by atoms with Crippen LogP contribution in [-0.2, 0) is 16.6 Å². The maximum absolute atomic E-state index is 12.4. The fourth-order valence-electron chi connectivity index (χ4n) is 4.71. The minimum Gasteiger partial charge on any atom is -0.390 e. The fourth-order valence-corrected chi connectivity index (χ4v) is 5.63. The summed E-state index contributed by atoms with van der Waals surface area (Å²) in [5.74, 6) is 0.402. The van der Waals surface area contributed by atoms with Gasteiger partial charge in [-0.15, -0.1) is 0 Å². The Labute approximate surface area is 173 Å². The van der Waals surface area contributed by atoms with E-state index in [-0.39, 0.29) is 6.54 Å². The van der Waals surface area contributed by atoms with Gasteiger partial charge in [0.2, 0.25) is 10.0 Å². The van der Waals surface area contributed by atoms with E-state index in [1.165, 1.54) is 29.8 Å². The maximum Gasteiger partial charge on any atom is 0.211 e. The lowest BCUT2D eigenvalue weighted by Gasteiger charge is -2.29. The molecule has 1 aromatic heterocycles. The summed E-state index contributed by atoms with van der Waals surface area (Å²) in [6, 6.07) is 16.3. The standard InChI is InChI=1S/C23H30N2O3S/c1-29(27,28)24(15-18-9-3-2-4-10-18)16-19(26)17-25-22-13-7-5-11-20(22)21-12-6-8-14-23(21)25/h5-8,11-14,18-19,26H,2-4,9-10,15-17H2,1H3. The van der Waals surface area contributed by atoms with Crippen molar-refractivity contribution in [1.82, 2.24) is 8.87 Å². The Morgan fingerprint density at radius 1 is 1.00 bits per heavy atom. The maximum atomic E-state index is 12.4. The van der Waals surface area contributed by atoms with Gasteiger partial charge in [-0.3, -0.25) is 0 Å². The minimum atomic E-state index is -3.36. The zero-order valence-corrected chi connectivity index (χ0v) is 17.8. The van der Waals surface area contributed by atoms with Crippen LogP contribution in [0.3, 0.4) is 0 Å². The summed E-state index contributed by atoms with van der Waals surface area (Å²) < 4.78 is 28.3. The Bertz CT molecular complexity index is 1030. The van der Waals surface area contributed by atoms with E-state index in [0.29, 0.717) is 19.0 Å². The van der Waals surface area contributed by atoms with Crippen LogP contribution in [0.25, 0.3) is 21.8 Å². The number of aromatic nitrogens is 1. The van der Waals surface area contributed by atoms with E-state index in [2.05, 4.69) is 28.8 Å². The highest BCUT2D eigenvalue weighted by atomic mass is 32.2. The zero-order valence-electron chi connectivity index (χ0n) is 17.0. The highest BCUT2D eigenvalue weighted by Crippen LogP contribution is 2.29. The lowest BCUT2D eigenvalue weighted by Crippen LogP contribution is -2.41. The Hall–Kier alpha value is -1.89. The Kier molecular flexibility index (Phi) is 5.95. The van der Waals surface area contributed by atoms with Crippen LogP contribution in [0.5, 0.6) is 0 Å². The highest BCUT2D eigenvalue weighted by Gasteiger charge is 2.26. The molecule has 5 nitrogen and oxygen atoms in total. The van der Waals surface area contributed by atoms with Gasteiger partial charge in [0.25, 0.3) is 0 Å². The monoisotopic (exact) mass is 414 g/mol. The Morgan fingerprint density at radius 3 is 2.10 bits per heavy atom. The molecule has 0 bridgehead atoms. The van der Waals surface area contributed by atoms with E-state index < -0.39 is 16.1 Å². The zero-order chi connectivity index (χ0) is 20.4. The van der Waals surface area contributed by atoms with Crippen LogP contribution in [0.2, 0.25) is 0 Å². The number of fused-ring (bicyclic) bond motifs is 3. The van der Waals surface area contributed by atoms with Gasteiger partial charge in [0.15, 0.2) is 0 Å². The van der Waals surface area contributed by atoms with Crippen molar-refractivity contribution < 1.29 is 13.5 Å². The first-order valence-electron chi connectivity index (χ1n) is 10.5. The molecule has 1 saturated carbocycles. The van der Waals surface area contributed by atoms with Crippen LogP contribution in [-0.4, -0.2) is 47.8 Å². The molecule has 4 rings (SSSR count). The predicted molar refractivity (Wildman–Crippen MR) is 118 cm³/mol. The topological polar surface area (TPSA) is 62.5 Å². The first-order chi connectivity index (χ1) is 13.9. The van der Waals surface area contributed by atoms with Gasteiger partial charge in [-0.05, 0) is 30.9 Å². The van der Waals surface area contributed by atoms with Gasteiger partial charge in [-0.25, -0.2) is 8.42 Å². The lowest BCUT2D eigenvalue weighted by molar-refractivity contribution is 0.122. The molecule has 6 heteroatoms. The van der Waals surface area contributed by atoms with Crippen LogP contribution >= 0.6 is 0 Å². The van der Waals surface area contributed by atoms with Gasteiger partial charge in [0.05, 0.1) is 18.9 Å². The van der Waals surface area contributed by atoms with E-state index in [1.54, 1.807) is 0 Å². The average Bonchev–Trinajstić information content (AvgIpc) is 3.02. The molecule has 3 aromatic rings. The van der Waals surface area contributed by atoms with Crippen molar-refractivity contribution in [1.29, 1.82) is 0 Å². The molecule has 1 unspecified atom stereocenters. The van der Waals surface area contributed by atoms with Crippen LogP contribution in [0.15, 0.2) is 48.5 Å². The molecule has 1 fully saturated rings. The number of rotatable bonds is 7. The highest BCUT2D eigenvalue weighted by molar-refractivity contribution is 7.88. The summed E-state index contributed by atoms with van der Waals surface area (Å²) in [5, 5.41) is 13.2. The van der Waals surface area contributed by atoms with E-state index in [1.807, 2.05) is 24.3 Å². The minimum absolute atomic E-state index is 0.135. The second-order valence-electron chi connectivity index (χ2n) is 8.38. The molecule has 1 N–H and O–H groups in total. The van der Waals surface area contributed by atoms with Gasteiger partial charge < -0.3 is 9.67 Å². The van der Waals surface area contributed by atoms with Gasteiger partial charge in [0, 0.05) is 34.9 Å². The second-order valence-corrected chi connectivity index (χ2v) is 10.4. The summed E-state index contributed by atoms with van der Waals surface area (Å²) in [5.41, 5.74) is 2.12. The summed E-state index contributed by atoms with van der Waals surface area (Å²) in [7, 11) is -3.36. The van der Waals surface area contributed by atoms with Crippen molar-refractivity contribution in [3.05, 3.63) is 48.5 Å². The number of benzene rings is 2. The van der Waals surface area contributed by atoms with Crippen molar-refractivity contribution in [2.24, 2.45) is 5.92 Å². The van der Waals surface area contributed by atoms with E-state index in [9.17, 15) is 13.5 Å². The van der Waals surface area contributed by atoms with Gasteiger partial charge in [-0.2, -0.15) is 4.31 Å². The van der Waals surface area contributed by atoms with Gasteiger partial charge >= 0.3 is 0 Å². The molecular weight excluding hydrogens is 384 g/mol. The number of sulfonamides is 1. The van der Waals surface area contributed by atoms with E-state index in [4.69, 9.17) is 0 Å². The van der Waals surface area contributed by atoms with Crippen molar-refractivity contribution in [3.63, 3.8) is 0 Å². The smallest absolute Gasteiger partial charge is 0.211 e. The molecular formula is C23H30N2O3S. The molecule has 2 aromatic carbocycles. The summed E-state index contributed by atoms with van der Waals surface area (Å²) >= 11 is 0. The number of para-hydroxylation sites is 2. The Morgan fingerprint density at radius 2 is 1.55 bits per heavy atom. The van der Waals surface area contributed by atoms with E-state index >= 15 is 0 Å². The third-order valence-electron chi connectivity index (χ3n) is 6.14. The molecule has 0 spiro atoms. The van der Waals surface area contributed by atoms with Crippen LogP contribution in [0.4, 0.5) is 0 Å². The quantitative estimate of drug-likeness (QED) is 0.636. The second kappa shape index (κ2) is 8.46. The van der Waals surface area contributed by atoms with Crippen molar-refractivity contribution >= 4 is 31.8 Å². The lowest BCUT2D eigenvalue weighted by atomic mass is 9.89. The third-order valence-corrected chi connectivity index (χ3v) is 7.38. The largest absolute Gasteiger partial charge is 0.390 e. The molecule has 1 aliphatic rings. The third kappa shape index (κ3) is 4.49. The number of aliphatic hydroxyl groups excluding tert-OH is 1. The summed E-state index contributed by atoms with van der Waals surface area (Å²) in [4.78, 5) is 0. The first kappa shape index (κ1) is 20.4. The molecule has 156 valence electrons. The Balaban J connectivity index is 1.57. The van der Waals surface area contributed by atoms with Crippen molar-refractivity contribution in [2.45, 2.75) is 44.8 Å². The SMILES string of the molecule is CS(=O)(=O)N(CC(O)Cn1c2ccccc2c2ccccc21)CC1CCCCC1. The fraction of sp³-hybridized carbons (Fsp3) is 0.478. The number of hydrogen-bond donors (Lipinski definition) is 1. The molecule has 1 atom stereocenters. The summed E-state index contributed by atoms with van der Waals surface area (Å²) in [6.45, 7) is 1.02. The molecule has 0 aliphatic heterocycles. The number of aliphatic hydroxyl groups is 1. The molecule has 0 saturated heterocycles. The van der Waals surface area contributed by atoms with Crippen LogP contribution in [0, 0.1) is 5.92 Å². The van der Waals surface area contributed by atoms with Crippen molar-refractivity contribution in [2.75, 3.05) is 19.3 Å². The molecule has 0 radical (unpaired) electrons. The molecule has 1 aliphatic carbocycles. The average molecular weight is 415 g/mol. The molecule has 0 amide bonds. The molecule has 1 heterocycles. The predicted octanol–water partition coefficient (Wildman–Crippen LogP) is 4.00. The van der Waals surface area contributed by atoms with Gasteiger partial charge in [0.1, 0.15) is 0 Å². The van der Waals surface area contributed by atoms with Crippen molar-refractivity contribution in [3.8, 4) is 0 Å². The van der Waals surface area contributed by atoms with Crippen LogP contribution < -0.4 is 0 Å². The number of nitrogens with zero attached hydrogens (tertiary/aromatic N) is 2. The van der Waals surface area contributed by atoms with E-state index in [0.717, 1.165) is 34.6 Å². The first-order valence-corrected chi connectivity index (χ1v) is 12.4. The normalized spacial score (nSPS) is 17.3. The summed E-state index contributed by atoms with van der Waals surface area (Å²) in [6.07, 6.45) is 6.23. The van der Waals surface area contributed by atoms with Crippen LogP contribution in [0.1, 0.15) is 32.1 Å². The molecule has 29 heavy (non-hydrogen) atoms.